The van der Waals surface area contributed by atoms with Crippen molar-refractivity contribution < 1.29 is 27.1 Å². The molecule has 0 saturated heterocycles. The highest BCUT2D eigenvalue weighted by atomic mass is 79.9. The number of hydrogen-bond donors (Lipinski definition) is 0. The Morgan fingerprint density at radius 3 is 2.68 bits per heavy atom. The van der Waals surface area contributed by atoms with Gasteiger partial charge in [0.05, 0.1) is 5.56 Å². The summed E-state index contributed by atoms with van der Waals surface area (Å²) in [5.41, 5.74) is 0.613. The minimum Gasteiger partial charge on any atom is -0.455 e. The lowest BCUT2D eigenvalue weighted by molar-refractivity contribution is -0.137. The van der Waals surface area contributed by atoms with Gasteiger partial charge in [-0.2, -0.15) is 13.2 Å². The SMILES string of the molecule is Cc1c(C(=O)OCc2cccc(C(F)(F)F)c2)oc2ccc(Br)cc12. The van der Waals surface area contributed by atoms with E-state index in [1.165, 1.54) is 12.1 Å². The normalized spacial score (nSPS) is 11.7. The van der Waals surface area contributed by atoms with E-state index in [2.05, 4.69) is 15.9 Å². The first kappa shape index (κ1) is 17.5. The van der Waals surface area contributed by atoms with Crippen molar-refractivity contribution in [3.63, 3.8) is 0 Å². The Bertz CT molecular complexity index is 944. The van der Waals surface area contributed by atoms with Crippen molar-refractivity contribution in [2.45, 2.75) is 19.7 Å². The number of rotatable bonds is 3. The molecule has 0 radical (unpaired) electrons. The van der Waals surface area contributed by atoms with Crippen LogP contribution in [0.25, 0.3) is 11.0 Å². The molecule has 1 aromatic heterocycles. The van der Waals surface area contributed by atoms with Crippen molar-refractivity contribution in [1.29, 1.82) is 0 Å². The predicted molar refractivity (Wildman–Crippen MR) is 89.2 cm³/mol. The molecule has 7 heteroatoms. The van der Waals surface area contributed by atoms with E-state index < -0.39 is 17.7 Å². The van der Waals surface area contributed by atoms with E-state index in [1.54, 1.807) is 19.1 Å². The van der Waals surface area contributed by atoms with Crippen molar-refractivity contribution in [2.24, 2.45) is 0 Å². The maximum Gasteiger partial charge on any atom is 0.416 e. The van der Waals surface area contributed by atoms with Crippen LogP contribution in [0.2, 0.25) is 0 Å². The average Bonchev–Trinajstić information content (AvgIpc) is 2.89. The number of hydrogen-bond acceptors (Lipinski definition) is 3. The first-order valence-corrected chi connectivity index (χ1v) is 8.07. The predicted octanol–water partition coefficient (Wildman–Crippen LogP) is 5.88. The summed E-state index contributed by atoms with van der Waals surface area (Å²) in [7, 11) is 0. The van der Waals surface area contributed by atoms with Crippen molar-refractivity contribution in [3.05, 3.63) is 69.4 Å². The van der Waals surface area contributed by atoms with Crippen LogP contribution in [0.5, 0.6) is 0 Å². The zero-order chi connectivity index (χ0) is 18.2. The number of furan rings is 1. The number of carbonyl (C=O) groups is 1. The summed E-state index contributed by atoms with van der Waals surface area (Å²) in [4.78, 5) is 12.2. The summed E-state index contributed by atoms with van der Waals surface area (Å²) in [5.74, 6) is -0.678. The van der Waals surface area contributed by atoms with Gasteiger partial charge in [0.2, 0.25) is 5.76 Å². The minimum absolute atomic E-state index is 0.0417. The summed E-state index contributed by atoms with van der Waals surface area (Å²) in [6, 6.07) is 9.97. The highest BCUT2D eigenvalue weighted by Crippen LogP contribution is 2.30. The smallest absolute Gasteiger partial charge is 0.416 e. The molecule has 0 aliphatic heterocycles. The van der Waals surface area contributed by atoms with Crippen LogP contribution in [0.15, 0.2) is 51.4 Å². The Balaban J connectivity index is 1.78. The fraction of sp³-hybridized carbons (Fsp3) is 0.167. The molecule has 2 aromatic carbocycles. The van der Waals surface area contributed by atoms with E-state index in [0.29, 0.717) is 11.1 Å². The molecule has 0 bridgehead atoms. The maximum absolute atomic E-state index is 12.7. The Kier molecular flexibility index (Phi) is 4.60. The van der Waals surface area contributed by atoms with Crippen LogP contribution < -0.4 is 0 Å². The fourth-order valence-electron chi connectivity index (χ4n) is 2.44. The third kappa shape index (κ3) is 3.71. The molecule has 0 fully saturated rings. The highest BCUT2D eigenvalue weighted by Gasteiger charge is 2.30. The molecule has 130 valence electrons. The summed E-state index contributed by atoms with van der Waals surface area (Å²) in [5, 5.41) is 0.764. The first-order chi connectivity index (χ1) is 11.8. The van der Waals surface area contributed by atoms with Crippen LogP contribution in [0, 0.1) is 6.92 Å². The van der Waals surface area contributed by atoms with Gasteiger partial charge in [-0.05, 0) is 42.8 Å². The van der Waals surface area contributed by atoms with Gasteiger partial charge in [0.15, 0.2) is 0 Å². The fourth-order valence-corrected chi connectivity index (χ4v) is 2.80. The average molecular weight is 413 g/mol. The molecule has 0 N–H and O–H groups in total. The van der Waals surface area contributed by atoms with E-state index in [0.717, 1.165) is 22.0 Å². The molecule has 0 saturated carbocycles. The molecule has 3 aromatic rings. The second kappa shape index (κ2) is 6.55. The van der Waals surface area contributed by atoms with Gasteiger partial charge in [0, 0.05) is 15.4 Å². The van der Waals surface area contributed by atoms with Crippen LogP contribution in [0.3, 0.4) is 0 Å². The number of carbonyl (C=O) groups excluding carboxylic acids is 1. The molecule has 0 atom stereocenters. The molecule has 0 aliphatic carbocycles. The van der Waals surface area contributed by atoms with Crippen LogP contribution >= 0.6 is 15.9 Å². The topological polar surface area (TPSA) is 39.4 Å². The number of benzene rings is 2. The Hall–Kier alpha value is -2.28. The van der Waals surface area contributed by atoms with Crippen LogP contribution in [0.4, 0.5) is 13.2 Å². The van der Waals surface area contributed by atoms with Crippen LogP contribution in [-0.2, 0) is 17.5 Å². The molecular formula is C18H12BrF3O3. The molecule has 3 rings (SSSR count). The Morgan fingerprint density at radius 1 is 1.20 bits per heavy atom. The summed E-state index contributed by atoms with van der Waals surface area (Å²) < 4.78 is 49.6. The van der Waals surface area contributed by atoms with E-state index >= 15 is 0 Å². The van der Waals surface area contributed by atoms with Gasteiger partial charge < -0.3 is 9.15 Å². The summed E-state index contributed by atoms with van der Waals surface area (Å²) in [6.45, 7) is 1.45. The third-order valence-electron chi connectivity index (χ3n) is 3.71. The number of ether oxygens (including phenoxy) is 1. The first-order valence-electron chi connectivity index (χ1n) is 7.27. The molecular weight excluding hydrogens is 401 g/mol. The standard InChI is InChI=1S/C18H12BrF3O3/c1-10-14-8-13(19)5-6-15(14)25-16(10)17(23)24-9-11-3-2-4-12(7-11)18(20,21)22/h2-8H,9H2,1H3. The molecule has 0 spiro atoms. The van der Waals surface area contributed by atoms with Crippen LogP contribution in [-0.4, -0.2) is 5.97 Å². The third-order valence-corrected chi connectivity index (χ3v) is 4.20. The molecule has 0 amide bonds. The highest BCUT2D eigenvalue weighted by molar-refractivity contribution is 9.10. The lowest BCUT2D eigenvalue weighted by Crippen LogP contribution is -2.08. The second-order valence-corrected chi connectivity index (χ2v) is 6.39. The van der Waals surface area contributed by atoms with E-state index in [9.17, 15) is 18.0 Å². The van der Waals surface area contributed by atoms with Crippen molar-refractivity contribution in [1.82, 2.24) is 0 Å². The van der Waals surface area contributed by atoms with Gasteiger partial charge in [-0.1, -0.05) is 28.1 Å². The zero-order valence-electron chi connectivity index (χ0n) is 13.0. The molecule has 0 unspecified atom stereocenters. The largest absolute Gasteiger partial charge is 0.455 e. The quantitative estimate of drug-likeness (QED) is 0.504. The Labute approximate surface area is 149 Å². The molecule has 3 nitrogen and oxygen atoms in total. The van der Waals surface area contributed by atoms with Crippen molar-refractivity contribution in [2.75, 3.05) is 0 Å². The molecule has 0 aliphatic rings. The van der Waals surface area contributed by atoms with Crippen molar-refractivity contribution in [3.8, 4) is 0 Å². The van der Waals surface area contributed by atoms with Gasteiger partial charge in [-0.3, -0.25) is 0 Å². The zero-order valence-corrected chi connectivity index (χ0v) is 14.6. The lowest BCUT2D eigenvalue weighted by Gasteiger charge is -2.09. The number of halogens is 4. The maximum atomic E-state index is 12.7. The van der Waals surface area contributed by atoms with Gasteiger partial charge in [-0.25, -0.2) is 4.79 Å². The van der Waals surface area contributed by atoms with E-state index in [1.807, 2.05) is 6.07 Å². The van der Waals surface area contributed by atoms with Gasteiger partial charge in [-0.15, -0.1) is 0 Å². The number of aryl methyl sites for hydroxylation is 1. The van der Waals surface area contributed by atoms with Gasteiger partial charge in [0.1, 0.15) is 12.2 Å². The van der Waals surface area contributed by atoms with Crippen molar-refractivity contribution >= 4 is 32.9 Å². The Morgan fingerprint density at radius 2 is 1.96 bits per heavy atom. The molecule has 25 heavy (non-hydrogen) atoms. The number of fused-ring (bicyclic) bond motifs is 1. The summed E-state index contributed by atoms with van der Waals surface area (Å²) in [6.07, 6.45) is -4.44. The van der Waals surface area contributed by atoms with Gasteiger partial charge >= 0.3 is 12.1 Å². The lowest BCUT2D eigenvalue weighted by atomic mass is 10.1. The monoisotopic (exact) mass is 412 g/mol. The van der Waals surface area contributed by atoms with Gasteiger partial charge in [0.25, 0.3) is 0 Å². The second-order valence-electron chi connectivity index (χ2n) is 5.47. The number of alkyl halides is 3. The number of esters is 1. The van der Waals surface area contributed by atoms with Crippen LogP contribution in [0.1, 0.15) is 27.2 Å². The van der Waals surface area contributed by atoms with E-state index in [-0.39, 0.29) is 17.9 Å². The summed E-state index contributed by atoms with van der Waals surface area (Å²) >= 11 is 3.35. The van der Waals surface area contributed by atoms with E-state index in [4.69, 9.17) is 9.15 Å². The molecule has 1 heterocycles. The minimum atomic E-state index is -4.44.